The molecule has 86 valence electrons. The monoisotopic (exact) mass is 234 g/mol. The second-order valence-corrected chi connectivity index (χ2v) is 2.87. The summed E-state index contributed by atoms with van der Waals surface area (Å²) < 4.78 is 50.2. The zero-order chi connectivity index (χ0) is 12.3. The molecule has 0 aliphatic carbocycles. The first kappa shape index (κ1) is 12.2. The van der Waals surface area contributed by atoms with Gasteiger partial charge in [-0.3, -0.25) is 0 Å². The van der Waals surface area contributed by atoms with E-state index in [1.54, 1.807) is 0 Å². The summed E-state index contributed by atoms with van der Waals surface area (Å²) >= 11 is 0. The van der Waals surface area contributed by atoms with Crippen LogP contribution in [0.2, 0.25) is 0 Å². The van der Waals surface area contributed by atoms with E-state index >= 15 is 0 Å². The first-order valence-corrected chi connectivity index (χ1v) is 4.09. The van der Waals surface area contributed by atoms with Crippen LogP contribution in [-0.4, -0.2) is 11.1 Å². The van der Waals surface area contributed by atoms with E-state index in [0.29, 0.717) is 18.2 Å². The Kier molecular flexibility index (Phi) is 3.31. The highest BCUT2D eigenvalue weighted by atomic mass is 19.4. The van der Waals surface area contributed by atoms with Gasteiger partial charge < -0.3 is 5.11 Å². The molecule has 1 aromatic carbocycles. The number of aliphatic carboxylic acids is 1. The molecule has 0 radical (unpaired) electrons. The number of carboxylic acid groups (broad SMARTS) is 1. The van der Waals surface area contributed by atoms with E-state index in [-0.39, 0.29) is 0 Å². The third-order valence-electron chi connectivity index (χ3n) is 1.73. The van der Waals surface area contributed by atoms with Crippen molar-refractivity contribution < 1.29 is 27.5 Å². The molecule has 1 rings (SSSR count). The molecule has 0 aliphatic rings. The standard InChI is InChI=1S/C10H6F4O2/c11-7-3-1-2-6(4-5-8(15)16)9(7)10(12,13)14/h1-5H,(H,15,16)/b5-4+. The minimum Gasteiger partial charge on any atom is -0.478 e. The number of rotatable bonds is 2. The number of carbonyl (C=O) groups is 1. The van der Waals surface area contributed by atoms with E-state index < -0.39 is 29.1 Å². The van der Waals surface area contributed by atoms with Gasteiger partial charge in [0.25, 0.3) is 0 Å². The summed E-state index contributed by atoms with van der Waals surface area (Å²) in [7, 11) is 0. The Labute approximate surface area is 87.8 Å². The number of alkyl halides is 3. The maximum absolute atomic E-state index is 13.0. The summed E-state index contributed by atoms with van der Waals surface area (Å²) in [5.74, 6) is -2.84. The molecule has 2 nitrogen and oxygen atoms in total. The van der Waals surface area contributed by atoms with Crippen molar-refractivity contribution in [3.63, 3.8) is 0 Å². The molecule has 0 aliphatic heterocycles. The second kappa shape index (κ2) is 4.34. The molecule has 0 aromatic heterocycles. The fourth-order valence-electron chi connectivity index (χ4n) is 1.14. The number of hydrogen-bond acceptors (Lipinski definition) is 1. The van der Waals surface area contributed by atoms with Gasteiger partial charge in [0.2, 0.25) is 0 Å². The summed E-state index contributed by atoms with van der Waals surface area (Å²) in [5, 5.41) is 8.28. The molecule has 0 fully saturated rings. The Balaban J connectivity index is 3.29. The lowest BCUT2D eigenvalue weighted by Gasteiger charge is -2.10. The minimum atomic E-state index is -4.86. The van der Waals surface area contributed by atoms with E-state index in [1.165, 1.54) is 0 Å². The lowest BCUT2D eigenvalue weighted by molar-refractivity contribution is -0.140. The summed E-state index contributed by atoms with van der Waals surface area (Å²) in [6.45, 7) is 0. The van der Waals surface area contributed by atoms with E-state index in [2.05, 4.69) is 0 Å². The molecule has 1 aromatic rings. The third-order valence-corrected chi connectivity index (χ3v) is 1.73. The zero-order valence-electron chi connectivity index (χ0n) is 7.75. The van der Waals surface area contributed by atoms with Crippen LogP contribution in [-0.2, 0) is 11.0 Å². The summed E-state index contributed by atoms with van der Waals surface area (Å²) in [6, 6.07) is 2.73. The van der Waals surface area contributed by atoms with Crippen molar-refractivity contribution in [2.75, 3.05) is 0 Å². The lowest BCUT2D eigenvalue weighted by Crippen LogP contribution is -2.10. The van der Waals surface area contributed by atoms with Crippen LogP contribution in [0.25, 0.3) is 6.08 Å². The van der Waals surface area contributed by atoms with Gasteiger partial charge in [-0.2, -0.15) is 13.2 Å². The van der Waals surface area contributed by atoms with Crippen LogP contribution in [0, 0.1) is 5.82 Å². The molecule has 0 atom stereocenters. The van der Waals surface area contributed by atoms with Crippen molar-refractivity contribution in [3.8, 4) is 0 Å². The highest BCUT2D eigenvalue weighted by molar-refractivity contribution is 5.85. The van der Waals surface area contributed by atoms with Crippen LogP contribution in [0.4, 0.5) is 17.6 Å². The van der Waals surface area contributed by atoms with Crippen LogP contribution in [0.15, 0.2) is 24.3 Å². The van der Waals surface area contributed by atoms with E-state index in [9.17, 15) is 22.4 Å². The Morgan fingerprint density at radius 1 is 1.31 bits per heavy atom. The van der Waals surface area contributed by atoms with E-state index in [4.69, 9.17) is 5.11 Å². The van der Waals surface area contributed by atoms with Gasteiger partial charge in [-0.1, -0.05) is 12.1 Å². The number of carboxylic acids is 1. The summed E-state index contributed by atoms with van der Waals surface area (Å²) in [4.78, 5) is 10.2. The average molecular weight is 234 g/mol. The van der Waals surface area contributed by atoms with E-state index in [0.717, 1.165) is 12.1 Å². The van der Waals surface area contributed by atoms with Crippen molar-refractivity contribution in [2.45, 2.75) is 6.18 Å². The second-order valence-electron chi connectivity index (χ2n) is 2.87. The molecule has 0 spiro atoms. The van der Waals surface area contributed by atoms with Crippen LogP contribution in [0.5, 0.6) is 0 Å². The van der Waals surface area contributed by atoms with Crippen molar-refractivity contribution >= 4 is 12.0 Å². The lowest BCUT2D eigenvalue weighted by atomic mass is 10.1. The molecule has 0 heterocycles. The number of halogens is 4. The van der Waals surface area contributed by atoms with Crippen molar-refractivity contribution in [2.24, 2.45) is 0 Å². The van der Waals surface area contributed by atoms with Crippen LogP contribution in [0.1, 0.15) is 11.1 Å². The highest BCUT2D eigenvalue weighted by Gasteiger charge is 2.36. The maximum atomic E-state index is 13.0. The Morgan fingerprint density at radius 2 is 1.94 bits per heavy atom. The molecule has 16 heavy (non-hydrogen) atoms. The molecule has 0 amide bonds. The molecule has 0 saturated carbocycles. The van der Waals surface area contributed by atoms with Gasteiger partial charge in [0, 0.05) is 6.08 Å². The average Bonchev–Trinajstić information content (AvgIpc) is 2.12. The SMILES string of the molecule is O=C(O)/C=C/c1cccc(F)c1C(F)(F)F. The quantitative estimate of drug-likeness (QED) is 0.631. The Hall–Kier alpha value is -1.85. The number of benzene rings is 1. The molecule has 0 unspecified atom stereocenters. The predicted molar refractivity (Wildman–Crippen MR) is 48.1 cm³/mol. The topological polar surface area (TPSA) is 37.3 Å². The van der Waals surface area contributed by atoms with Gasteiger partial charge in [-0.15, -0.1) is 0 Å². The predicted octanol–water partition coefficient (Wildman–Crippen LogP) is 2.94. The van der Waals surface area contributed by atoms with Gasteiger partial charge >= 0.3 is 12.1 Å². The van der Waals surface area contributed by atoms with Gasteiger partial charge in [0.1, 0.15) is 5.82 Å². The first-order chi connectivity index (χ1) is 7.32. The zero-order valence-corrected chi connectivity index (χ0v) is 7.75. The fraction of sp³-hybridized carbons (Fsp3) is 0.100. The van der Waals surface area contributed by atoms with Crippen molar-refractivity contribution in [3.05, 3.63) is 41.2 Å². The maximum Gasteiger partial charge on any atom is 0.419 e. The van der Waals surface area contributed by atoms with E-state index in [1.807, 2.05) is 0 Å². The molecule has 0 bridgehead atoms. The highest BCUT2D eigenvalue weighted by Crippen LogP contribution is 2.34. The van der Waals surface area contributed by atoms with Crippen LogP contribution >= 0.6 is 0 Å². The van der Waals surface area contributed by atoms with Crippen molar-refractivity contribution in [1.29, 1.82) is 0 Å². The molecule has 0 saturated heterocycles. The molecular weight excluding hydrogens is 228 g/mol. The Morgan fingerprint density at radius 3 is 2.44 bits per heavy atom. The van der Waals surface area contributed by atoms with Crippen LogP contribution in [0.3, 0.4) is 0 Å². The van der Waals surface area contributed by atoms with Gasteiger partial charge in [0.15, 0.2) is 0 Å². The molecular formula is C10H6F4O2. The fourth-order valence-corrected chi connectivity index (χ4v) is 1.14. The third kappa shape index (κ3) is 2.82. The molecule has 1 N–H and O–H groups in total. The normalized spacial score (nSPS) is 12.0. The summed E-state index contributed by atoms with van der Waals surface area (Å²) in [6.07, 6.45) is -3.64. The minimum absolute atomic E-state index is 0.518. The first-order valence-electron chi connectivity index (χ1n) is 4.09. The summed E-state index contributed by atoms with van der Waals surface area (Å²) in [5.41, 5.74) is -1.98. The van der Waals surface area contributed by atoms with Gasteiger partial charge in [-0.25, -0.2) is 9.18 Å². The number of hydrogen-bond donors (Lipinski definition) is 1. The largest absolute Gasteiger partial charge is 0.478 e. The molecule has 6 heteroatoms. The van der Waals surface area contributed by atoms with Gasteiger partial charge in [0.05, 0.1) is 5.56 Å². The van der Waals surface area contributed by atoms with Crippen molar-refractivity contribution in [1.82, 2.24) is 0 Å². The Bertz CT molecular complexity index is 435. The van der Waals surface area contributed by atoms with Crippen LogP contribution < -0.4 is 0 Å². The van der Waals surface area contributed by atoms with Gasteiger partial charge in [-0.05, 0) is 17.7 Å². The smallest absolute Gasteiger partial charge is 0.419 e.